The zero-order chi connectivity index (χ0) is 13.2. The summed E-state index contributed by atoms with van der Waals surface area (Å²) in [6, 6.07) is 8.26. The monoisotopic (exact) mass is 270 g/mol. The number of hydrogen-bond donors (Lipinski definition) is 1. The highest BCUT2D eigenvalue weighted by atomic mass is 32.1. The fraction of sp³-hybridized carbons (Fsp3) is 0.250. The Hall–Kier alpha value is -1.58. The minimum atomic E-state index is -4.32. The number of rotatable bonds is 3. The third-order valence-electron chi connectivity index (χ3n) is 2.46. The minimum absolute atomic E-state index is 0.599. The molecule has 0 saturated carbocycles. The standard InChI is InChI=1S/C12H9F3N2S/c13-12(14,15)7-17-10(5-16)9-6-18-11-4-2-1-3-8(9)11/h1-4,6,10,17H,7H2. The van der Waals surface area contributed by atoms with Crippen LogP contribution in [0, 0.1) is 11.3 Å². The molecule has 18 heavy (non-hydrogen) atoms. The number of nitrogens with zero attached hydrogens (tertiary/aromatic N) is 1. The van der Waals surface area contributed by atoms with Crippen molar-refractivity contribution in [3.05, 3.63) is 35.2 Å². The third-order valence-corrected chi connectivity index (χ3v) is 3.44. The second-order valence-electron chi connectivity index (χ2n) is 3.75. The van der Waals surface area contributed by atoms with Crippen LogP contribution in [-0.4, -0.2) is 12.7 Å². The highest BCUT2D eigenvalue weighted by Gasteiger charge is 2.29. The van der Waals surface area contributed by atoms with Crippen molar-refractivity contribution in [3.8, 4) is 6.07 Å². The van der Waals surface area contributed by atoms with Crippen LogP contribution in [0.4, 0.5) is 13.2 Å². The van der Waals surface area contributed by atoms with Crippen LogP contribution in [0.5, 0.6) is 0 Å². The van der Waals surface area contributed by atoms with Gasteiger partial charge in [0.1, 0.15) is 6.04 Å². The molecule has 2 aromatic rings. The topological polar surface area (TPSA) is 35.8 Å². The summed E-state index contributed by atoms with van der Waals surface area (Å²) in [6.07, 6.45) is -4.32. The van der Waals surface area contributed by atoms with Gasteiger partial charge in [0.05, 0.1) is 12.6 Å². The lowest BCUT2D eigenvalue weighted by atomic mass is 10.1. The molecule has 2 nitrogen and oxygen atoms in total. The molecule has 0 saturated heterocycles. The van der Waals surface area contributed by atoms with Crippen molar-refractivity contribution >= 4 is 21.4 Å². The third kappa shape index (κ3) is 2.81. The first-order chi connectivity index (χ1) is 8.51. The van der Waals surface area contributed by atoms with Gasteiger partial charge in [-0.15, -0.1) is 11.3 Å². The molecule has 6 heteroatoms. The Bertz CT molecular complexity index is 583. The Labute approximate surface area is 106 Å². The van der Waals surface area contributed by atoms with Crippen LogP contribution in [-0.2, 0) is 0 Å². The molecular formula is C12H9F3N2S. The lowest BCUT2D eigenvalue weighted by molar-refractivity contribution is -0.125. The molecule has 1 unspecified atom stereocenters. The van der Waals surface area contributed by atoms with E-state index in [-0.39, 0.29) is 0 Å². The zero-order valence-electron chi connectivity index (χ0n) is 9.16. The summed E-state index contributed by atoms with van der Waals surface area (Å²) >= 11 is 1.42. The summed E-state index contributed by atoms with van der Waals surface area (Å²) in [7, 11) is 0. The molecule has 1 heterocycles. The Morgan fingerprint density at radius 2 is 2.06 bits per heavy atom. The van der Waals surface area contributed by atoms with E-state index in [4.69, 9.17) is 5.26 Å². The number of halogens is 3. The molecule has 0 aliphatic heterocycles. The molecule has 0 radical (unpaired) electrons. The number of alkyl halides is 3. The summed E-state index contributed by atoms with van der Waals surface area (Å²) in [5, 5.41) is 13.8. The van der Waals surface area contributed by atoms with Gasteiger partial charge in [-0.2, -0.15) is 18.4 Å². The molecule has 1 atom stereocenters. The Morgan fingerprint density at radius 1 is 1.33 bits per heavy atom. The first kappa shape index (κ1) is 12.9. The largest absolute Gasteiger partial charge is 0.401 e. The summed E-state index contributed by atoms with van der Waals surface area (Å²) in [6.45, 7) is -1.17. The molecule has 0 aliphatic carbocycles. The van der Waals surface area contributed by atoms with Crippen LogP contribution in [0.3, 0.4) is 0 Å². The predicted octanol–water partition coefficient (Wildman–Crippen LogP) is 3.62. The molecule has 0 fully saturated rings. The number of thiophene rings is 1. The van der Waals surface area contributed by atoms with Crippen molar-refractivity contribution in [3.63, 3.8) is 0 Å². The number of nitriles is 1. The Morgan fingerprint density at radius 3 is 2.72 bits per heavy atom. The van der Waals surface area contributed by atoms with Crippen molar-refractivity contribution in [2.45, 2.75) is 12.2 Å². The van der Waals surface area contributed by atoms with E-state index < -0.39 is 18.8 Å². The first-order valence-electron chi connectivity index (χ1n) is 5.17. The van der Waals surface area contributed by atoms with Crippen molar-refractivity contribution in [1.29, 1.82) is 5.26 Å². The zero-order valence-corrected chi connectivity index (χ0v) is 9.98. The van der Waals surface area contributed by atoms with Crippen LogP contribution >= 0.6 is 11.3 Å². The first-order valence-corrected chi connectivity index (χ1v) is 6.05. The van der Waals surface area contributed by atoms with Gasteiger partial charge in [-0.05, 0) is 16.8 Å². The molecular weight excluding hydrogens is 261 g/mol. The van der Waals surface area contributed by atoms with E-state index in [0.29, 0.717) is 5.56 Å². The predicted molar refractivity (Wildman–Crippen MR) is 64.2 cm³/mol. The SMILES string of the molecule is N#CC(NCC(F)(F)F)c1csc2ccccc12. The smallest absolute Gasteiger partial charge is 0.290 e. The van der Waals surface area contributed by atoms with Gasteiger partial charge < -0.3 is 0 Å². The van der Waals surface area contributed by atoms with Crippen LogP contribution in [0.15, 0.2) is 29.6 Å². The summed E-state index contributed by atoms with van der Waals surface area (Å²) in [4.78, 5) is 0. The summed E-state index contributed by atoms with van der Waals surface area (Å²) in [5.41, 5.74) is 0.599. The number of hydrogen-bond acceptors (Lipinski definition) is 3. The van der Waals surface area contributed by atoms with E-state index in [1.54, 1.807) is 17.5 Å². The van der Waals surface area contributed by atoms with Crippen molar-refractivity contribution in [2.75, 3.05) is 6.54 Å². The molecule has 2 rings (SSSR count). The quantitative estimate of drug-likeness (QED) is 0.924. The molecule has 1 aromatic heterocycles. The molecule has 0 bridgehead atoms. The van der Waals surface area contributed by atoms with Crippen molar-refractivity contribution in [1.82, 2.24) is 5.32 Å². The second-order valence-corrected chi connectivity index (χ2v) is 4.66. The van der Waals surface area contributed by atoms with Gasteiger partial charge in [0, 0.05) is 10.3 Å². The Kier molecular flexibility index (Phi) is 3.55. The maximum Gasteiger partial charge on any atom is 0.401 e. The van der Waals surface area contributed by atoms with Gasteiger partial charge in [-0.3, -0.25) is 5.32 Å². The van der Waals surface area contributed by atoms with Gasteiger partial charge >= 0.3 is 6.18 Å². The van der Waals surface area contributed by atoms with Crippen LogP contribution in [0.2, 0.25) is 0 Å². The fourth-order valence-corrected chi connectivity index (χ4v) is 2.65. The van der Waals surface area contributed by atoms with Crippen LogP contribution in [0.1, 0.15) is 11.6 Å². The average Bonchev–Trinajstić information content (AvgIpc) is 2.73. The van der Waals surface area contributed by atoms with Crippen molar-refractivity contribution in [2.24, 2.45) is 0 Å². The van der Waals surface area contributed by atoms with Gasteiger partial charge in [-0.25, -0.2) is 0 Å². The Balaban J connectivity index is 2.26. The lowest BCUT2D eigenvalue weighted by Gasteiger charge is -2.12. The number of fused-ring (bicyclic) bond motifs is 1. The maximum atomic E-state index is 12.1. The molecule has 1 N–H and O–H groups in total. The van der Waals surface area contributed by atoms with E-state index in [9.17, 15) is 13.2 Å². The highest BCUT2D eigenvalue weighted by molar-refractivity contribution is 7.17. The van der Waals surface area contributed by atoms with Gasteiger partial charge in [-0.1, -0.05) is 18.2 Å². The van der Waals surface area contributed by atoms with E-state index in [1.165, 1.54) is 11.3 Å². The minimum Gasteiger partial charge on any atom is -0.290 e. The van der Waals surface area contributed by atoms with E-state index in [1.807, 2.05) is 18.2 Å². The molecule has 0 aliphatic rings. The fourth-order valence-electron chi connectivity index (χ4n) is 1.66. The lowest BCUT2D eigenvalue weighted by Crippen LogP contribution is -2.31. The molecule has 94 valence electrons. The van der Waals surface area contributed by atoms with Crippen LogP contribution in [0.25, 0.3) is 10.1 Å². The summed E-state index contributed by atoms with van der Waals surface area (Å²) in [5.74, 6) is 0. The van der Waals surface area contributed by atoms with E-state index >= 15 is 0 Å². The highest BCUT2D eigenvalue weighted by Crippen LogP contribution is 2.30. The second kappa shape index (κ2) is 4.96. The van der Waals surface area contributed by atoms with E-state index in [0.717, 1.165) is 10.1 Å². The maximum absolute atomic E-state index is 12.1. The summed E-state index contributed by atoms with van der Waals surface area (Å²) < 4.78 is 37.4. The molecule has 1 aromatic carbocycles. The van der Waals surface area contributed by atoms with Crippen molar-refractivity contribution < 1.29 is 13.2 Å². The number of benzene rings is 1. The van der Waals surface area contributed by atoms with Crippen LogP contribution < -0.4 is 5.32 Å². The van der Waals surface area contributed by atoms with Gasteiger partial charge in [0.15, 0.2) is 0 Å². The number of nitrogens with one attached hydrogen (secondary N) is 1. The van der Waals surface area contributed by atoms with Gasteiger partial charge in [0.2, 0.25) is 0 Å². The molecule has 0 amide bonds. The van der Waals surface area contributed by atoms with E-state index in [2.05, 4.69) is 5.32 Å². The normalized spacial score (nSPS) is 13.4. The molecule has 0 spiro atoms. The van der Waals surface area contributed by atoms with Gasteiger partial charge in [0.25, 0.3) is 0 Å². The average molecular weight is 270 g/mol.